The zero-order valence-corrected chi connectivity index (χ0v) is 14.1. The molecule has 1 fully saturated rings. The van der Waals surface area contributed by atoms with Crippen LogP contribution in [0.4, 0.5) is 5.69 Å². The number of hydrogen-bond donors (Lipinski definition) is 3. The lowest BCUT2D eigenvalue weighted by molar-refractivity contribution is -0.146. The van der Waals surface area contributed by atoms with Gasteiger partial charge in [-0.25, -0.2) is 0 Å². The van der Waals surface area contributed by atoms with Gasteiger partial charge in [0.15, 0.2) is 6.23 Å². The molecule has 1 aliphatic rings. The minimum Gasteiger partial charge on any atom is -0.461 e. The number of hydrogen-bond acceptors (Lipinski definition) is 5. The summed E-state index contributed by atoms with van der Waals surface area (Å²) >= 11 is 0. The third-order valence-corrected chi connectivity index (χ3v) is 4.35. The zero-order valence-electron chi connectivity index (χ0n) is 14.1. The summed E-state index contributed by atoms with van der Waals surface area (Å²) in [7, 11) is 0. The Balaban J connectivity index is 1.69. The molecule has 0 radical (unpaired) electrons. The van der Waals surface area contributed by atoms with Gasteiger partial charge in [0.25, 0.3) is 0 Å². The molecule has 0 bridgehead atoms. The van der Waals surface area contributed by atoms with Crippen LogP contribution in [0.15, 0.2) is 18.2 Å². The van der Waals surface area contributed by atoms with E-state index in [1.54, 1.807) is 0 Å². The quantitative estimate of drug-likeness (QED) is 0.531. The fourth-order valence-electron chi connectivity index (χ4n) is 2.99. The van der Waals surface area contributed by atoms with Crippen molar-refractivity contribution < 1.29 is 14.6 Å². The first-order valence-electron chi connectivity index (χ1n) is 8.43. The number of anilines is 1. The van der Waals surface area contributed by atoms with Gasteiger partial charge in [0.1, 0.15) is 6.61 Å². The lowest BCUT2D eigenvalue weighted by atomic mass is 9.95. The van der Waals surface area contributed by atoms with Crippen molar-refractivity contribution >= 4 is 11.7 Å². The van der Waals surface area contributed by atoms with Crippen LogP contribution in [0.25, 0.3) is 0 Å². The average molecular weight is 320 g/mol. The lowest BCUT2D eigenvalue weighted by Crippen LogP contribution is -2.30. The number of rotatable bonds is 7. The average Bonchev–Trinajstić information content (AvgIpc) is 2.55. The Labute approximate surface area is 138 Å². The van der Waals surface area contributed by atoms with E-state index in [2.05, 4.69) is 10.6 Å². The second-order valence-electron chi connectivity index (χ2n) is 6.36. The van der Waals surface area contributed by atoms with Gasteiger partial charge >= 0.3 is 5.97 Å². The molecule has 0 saturated carbocycles. The van der Waals surface area contributed by atoms with E-state index >= 15 is 0 Å². The van der Waals surface area contributed by atoms with Gasteiger partial charge in [-0.3, -0.25) is 4.79 Å². The number of esters is 1. The summed E-state index contributed by atoms with van der Waals surface area (Å²) in [4.78, 5) is 11.8. The molecule has 1 saturated heterocycles. The van der Waals surface area contributed by atoms with Crippen molar-refractivity contribution in [2.45, 2.75) is 45.8 Å². The fourth-order valence-corrected chi connectivity index (χ4v) is 2.99. The maximum absolute atomic E-state index is 11.8. The lowest BCUT2D eigenvalue weighted by Gasteiger charge is -2.22. The van der Waals surface area contributed by atoms with Gasteiger partial charge < -0.3 is 20.5 Å². The van der Waals surface area contributed by atoms with Crippen molar-refractivity contribution in [2.24, 2.45) is 5.92 Å². The number of aliphatic hydroxyl groups is 1. The second-order valence-corrected chi connectivity index (χ2v) is 6.36. The normalized spacial score (nSPS) is 19.2. The highest BCUT2D eigenvalue weighted by atomic mass is 16.5. The molecule has 3 N–H and O–H groups in total. The number of para-hydroxylation sites is 1. The van der Waals surface area contributed by atoms with E-state index in [1.165, 1.54) is 12.8 Å². The van der Waals surface area contributed by atoms with E-state index in [4.69, 9.17) is 4.74 Å². The maximum Gasteiger partial charge on any atom is 0.305 e. The molecule has 1 aliphatic heterocycles. The predicted molar refractivity (Wildman–Crippen MR) is 91.3 cm³/mol. The van der Waals surface area contributed by atoms with E-state index < -0.39 is 6.23 Å². The number of carbonyl (C=O) groups excluding carboxylic acids is 1. The Morgan fingerprint density at radius 1 is 1.43 bits per heavy atom. The monoisotopic (exact) mass is 320 g/mol. The van der Waals surface area contributed by atoms with Crippen molar-refractivity contribution in [3.05, 3.63) is 29.3 Å². The molecular formula is C18H28N2O3. The first-order chi connectivity index (χ1) is 11.1. The second kappa shape index (κ2) is 8.89. The van der Waals surface area contributed by atoms with Crippen LogP contribution in [0.2, 0.25) is 0 Å². The number of ether oxygens (including phenoxy) is 1. The van der Waals surface area contributed by atoms with Gasteiger partial charge in [0.05, 0.1) is 0 Å². The number of benzene rings is 1. The van der Waals surface area contributed by atoms with Gasteiger partial charge in [-0.05, 0) is 63.2 Å². The van der Waals surface area contributed by atoms with E-state index in [9.17, 15) is 9.90 Å². The molecule has 5 heteroatoms. The number of carbonyl (C=O) groups is 1. The van der Waals surface area contributed by atoms with Gasteiger partial charge in [-0.15, -0.1) is 0 Å². The molecule has 1 heterocycles. The Morgan fingerprint density at radius 2 is 2.17 bits per heavy atom. The Kier molecular flexibility index (Phi) is 6.86. The van der Waals surface area contributed by atoms with Gasteiger partial charge in [0.2, 0.25) is 0 Å². The Hall–Kier alpha value is -1.59. The molecule has 2 unspecified atom stereocenters. The van der Waals surface area contributed by atoms with Crippen LogP contribution in [0, 0.1) is 19.8 Å². The van der Waals surface area contributed by atoms with Crippen LogP contribution in [0.5, 0.6) is 0 Å². The van der Waals surface area contributed by atoms with Crippen molar-refractivity contribution in [3.63, 3.8) is 0 Å². The molecule has 1 aromatic carbocycles. The topological polar surface area (TPSA) is 70.6 Å². The summed E-state index contributed by atoms with van der Waals surface area (Å²) < 4.78 is 5.17. The van der Waals surface area contributed by atoms with Crippen LogP contribution in [0.3, 0.4) is 0 Å². The number of nitrogens with one attached hydrogen (secondary N) is 2. The van der Waals surface area contributed by atoms with Crippen molar-refractivity contribution in [3.8, 4) is 0 Å². The molecule has 0 aromatic heterocycles. The van der Waals surface area contributed by atoms with Gasteiger partial charge in [-0.2, -0.15) is 0 Å². The molecule has 2 atom stereocenters. The smallest absolute Gasteiger partial charge is 0.305 e. The standard InChI is InChI=1S/C18H28N2O3/c1-13-5-3-6-14(2)18(13)20-16(21)12-23-17(22)9-8-15-7-4-10-19-11-15/h3,5-6,15-16,19-21H,4,7-12H2,1-2H3. The van der Waals surface area contributed by atoms with E-state index in [0.29, 0.717) is 12.3 Å². The molecule has 0 amide bonds. The van der Waals surface area contributed by atoms with E-state index in [1.807, 2.05) is 32.0 Å². The Bertz CT molecular complexity index is 493. The van der Waals surface area contributed by atoms with Crippen molar-refractivity contribution in [1.82, 2.24) is 5.32 Å². The maximum atomic E-state index is 11.8. The summed E-state index contributed by atoms with van der Waals surface area (Å²) in [5.74, 6) is 0.326. The summed E-state index contributed by atoms with van der Waals surface area (Å²) in [6.07, 6.45) is 2.74. The molecule has 5 nitrogen and oxygen atoms in total. The number of piperidine rings is 1. The zero-order chi connectivity index (χ0) is 16.7. The number of aliphatic hydroxyl groups excluding tert-OH is 1. The molecular weight excluding hydrogens is 292 g/mol. The fraction of sp³-hybridized carbons (Fsp3) is 0.611. The van der Waals surface area contributed by atoms with Crippen LogP contribution in [0.1, 0.15) is 36.8 Å². The largest absolute Gasteiger partial charge is 0.461 e. The molecule has 128 valence electrons. The first-order valence-corrected chi connectivity index (χ1v) is 8.43. The summed E-state index contributed by atoms with van der Waals surface area (Å²) in [5, 5.41) is 16.4. The van der Waals surface area contributed by atoms with Crippen molar-refractivity contribution in [2.75, 3.05) is 25.0 Å². The van der Waals surface area contributed by atoms with Crippen LogP contribution in [-0.4, -0.2) is 37.0 Å². The minimum atomic E-state index is -0.893. The highest BCUT2D eigenvalue weighted by molar-refractivity contribution is 5.69. The molecule has 0 aliphatic carbocycles. The SMILES string of the molecule is Cc1cccc(C)c1NC(O)COC(=O)CCC1CCCNC1. The summed E-state index contributed by atoms with van der Waals surface area (Å²) in [6, 6.07) is 5.93. The number of aryl methyl sites for hydroxylation is 2. The first kappa shape index (κ1) is 17.8. The minimum absolute atomic E-state index is 0.0322. The van der Waals surface area contributed by atoms with Crippen LogP contribution in [-0.2, 0) is 9.53 Å². The molecule has 1 aromatic rings. The van der Waals surface area contributed by atoms with Crippen LogP contribution >= 0.6 is 0 Å². The summed E-state index contributed by atoms with van der Waals surface area (Å²) in [6.45, 7) is 6.00. The van der Waals surface area contributed by atoms with Gasteiger partial charge in [-0.1, -0.05) is 18.2 Å². The summed E-state index contributed by atoms with van der Waals surface area (Å²) in [5.41, 5.74) is 3.00. The van der Waals surface area contributed by atoms with E-state index in [0.717, 1.165) is 36.3 Å². The van der Waals surface area contributed by atoms with Crippen molar-refractivity contribution in [1.29, 1.82) is 0 Å². The molecule has 2 rings (SSSR count). The predicted octanol–water partition coefficient (Wildman–Crippen LogP) is 2.36. The third kappa shape index (κ3) is 5.84. The molecule has 23 heavy (non-hydrogen) atoms. The third-order valence-electron chi connectivity index (χ3n) is 4.35. The highest BCUT2D eigenvalue weighted by Gasteiger charge is 2.16. The highest BCUT2D eigenvalue weighted by Crippen LogP contribution is 2.20. The van der Waals surface area contributed by atoms with E-state index in [-0.39, 0.29) is 12.6 Å². The Morgan fingerprint density at radius 3 is 2.83 bits per heavy atom. The molecule has 0 spiro atoms. The van der Waals surface area contributed by atoms with Gasteiger partial charge in [0, 0.05) is 12.1 Å². The van der Waals surface area contributed by atoms with Crippen LogP contribution < -0.4 is 10.6 Å².